The van der Waals surface area contributed by atoms with Crippen molar-refractivity contribution in [2.24, 2.45) is 10.9 Å². The van der Waals surface area contributed by atoms with Gasteiger partial charge in [0.2, 0.25) is 0 Å². The summed E-state index contributed by atoms with van der Waals surface area (Å²) in [6, 6.07) is 16.4. The fourth-order valence-electron chi connectivity index (χ4n) is 2.69. The van der Waals surface area contributed by atoms with Crippen molar-refractivity contribution >= 4 is 28.4 Å². The molecule has 2 aromatic rings. The van der Waals surface area contributed by atoms with Gasteiger partial charge in [-0.2, -0.15) is 0 Å². The van der Waals surface area contributed by atoms with E-state index in [1.165, 1.54) is 11.8 Å². The van der Waals surface area contributed by atoms with Crippen molar-refractivity contribution in [1.29, 1.82) is 0 Å². The zero-order valence-electron chi connectivity index (χ0n) is 16.1. The van der Waals surface area contributed by atoms with Crippen LogP contribution in [0.15, 0.2) is 53.5 Å². The summed E-state index contributed by atoms with van der Waals surface area (Å²) in [4.78, 5) is 19.9. The van der Waals surface area contributed by atoms with Crippen LogP contribution in [0.5, 0.6) is 0 Å². The highest BCUT2D eigenvalue weighted by Gasteiger charge is 2.20. The highest BCUT2D eigenvalue weighted by molar-refractivity contribution is 8.08. The van der Waals surface area contributed by atoms with Crippen LogP contribution in [-0.4, -0.2) is 32.3 Å². The molecular formula is C21H25N3O2S. The summed E-state index contributed by atoms with van der Waals surface area (Å²) in [5.41, 5.74) is 1.84. The summed E-state index contributed by atoms with van der Waals surface area (Å²) in [6.45, 7) is 4.40. The first-order chi connectivity index (χ1) is 12.9. The number of amides is 1. The standard InChI is InChI=1S/C21H25N3O2S/c1-14(2)13-26-21(25)23-20-22-18-8-6-5-7-17(18)19(27-20)15-9-11-16(12-10-15)24(3)4/h5-12,14,20H,13H2,1-4H3,(H,23,25). The number of carbonyl (C=O) groups excluding carboxylic acids is 1. The zero-order valence-corrected chi connectivity index (χ0v) is 16.9. The van der Waals surface area contributed by atoms with Crippen LogP contribution >= 0.6 is 11.8 Å². The Hall–Kier alpha value is -2.47. The minimum absolute atomic E-state index is 0.296. The molecule has 1 atom stereocenters. The maximum atomic E-state index is 12.1. The smallest absolute Gasteiger partial charge is 0.409 e. The van der Waals surface area contributed by atoms with E-state index < -0.39 is 11.6 Å². The number of carbonyl (C=O) groups is 1. The second-order valence-electron chi connectivity index (χ2n) is 7.02. The first-order valence-corrected chi connectivity index (χ1v) is 9.87. The van der Waals surface area contributed by atoms with E-state index in [1.807, 2.05) is 46.1 Å². The number of rotatable bonds is 5. The highest BCUT2D eigenvalue weighted by atomic mass is 32.2. The van der Waals surface area contributed by atoms with Gasteiger partial charge in [0.05, 0.1) is 12.0 Å². The van der Waals surface area contributed by atoms with Crippen molar-refractivity contribution in [3.8, 4) is 0 Å². The molecule has 0 aromatic heterocycles. The summed E-state index contributed by atoms with van der Waals surface area (Å²) in [6.07, 6.45) is -0.438. The molecule has 0 saturated carbocycles. The lowest BCUT2D eigenvalue weighted by molar-refractivity contribution is 0.132. The van der Waals surface area contributed by atoms with E-state index in [1.54, 1.807) is 0 Å². The largest absolute Gasteiger partial charge is 0.449 e. The molecule has 142 valence electrons. The number of hydrogen-bond acceptors (Lipinski definition) is 5. The Labute approximate surface area is 164 Å². The minimum Gasteiger partial charge on any atom is -0.449 e. The lowest BCUT2D eigenvalue weighted by Crippen LogP contribution is -2.40. The first kappa shape index (κ1) is 19.3. The Kier molecular flexibility index (Phi) is 6.06. The molecule has 1 heterocycles. The molecule has 27 heavy (non-hydrogen) atoms. The minimum atomic E-state index is -0.438. The highest BCUT2D eigenvalue weighted by Crippen LogP contribution is 2.30. The van der Waals surface area contributed by atoms with Crippen LogP contribution in [0.3, 0.4) is 0 Å². The number of hydrogen-bond donors (Lipinski definition) is 1. The van der Waals surface area contributed by atoms with Crippen LogP contribution in [-0.2, 0) is 4.74 Å². The van der Waals surface area contributed by atoms with Crippen molar-refractivity contribution in [2.75, 3.05) is 25.6 Å². The molecule has 1 aliphatic rings. The molecular weight excluding hydrogens is 358 g/mol. The molecule has 0 bridgehead atoms. The van der Waals surface area contributed by atoms with Crippen LogP contribution in [0.2, 0.25) is 0 Å². The van der Waals surface area contributed by atoms with Gasteiger partial charge in [0.15, 0.2) is 5.50 Å². The average Bonchev–Trinajstić information content (AvgIpc) is 2.66. The first-order valence-electron chi connectivity index (χ1n) is 8.99. The number of ether oxygens (including phenoxy) is 1. The Morgan fingerprint density at radius 2 is 1.89 bits per heavy atom. The second-order valence-corrected chi connectivity index (χ2v) is 8.11. The van der Waals surface area contributed by atoms with Gasteiger partial charge >= 0.3 is 6.09 Å². The lowest BCUT2D eigenvalue weighted by atomic mass is 10.1. The molecule has 0 spiro atoms. The van der Waals surface area contributed by atoms with E-state index in [0.717, 1.165) is 26.7 Å². The number of nitrogens with zero attached hydrogens (tertiary/aromatic N) is 2. The summed E-state index contributed by atoms with van der Waals surface area (Å²) in [5.74, 6) is 0.296. The van der Waals surface area contributed by atoms with Gasteiger partial charge in [-0.25, -0.2) is 9.79 Å². The fourth-order valence-corrected chi connectivity index (χ4v) is 3.80. The van der Waals surface area contributed by atoms with E-state index >= 15 is 0 Å². The van der Waals surface area contributed by atoms with Gasteiger partial charge in [0, 0.05) is 29.9 Å². The lowest BCUT2D eigenvalue weighted by Gasteiger charge is -2.21. The van der Waals surface area contributed by atoms with Crippen molar-refractivity contribution in [3.05, 3.63) is 64.7 Å². The zero-order chi connectivity index (χ0) is 19.4. The number of fused-ring (bicyclic) bond motifs is 1. The molecule has 6 heteroatoms. The molecule has 1 unspecified atom stereocenters. The van der Waals surface area contributed by atoms with Gasteiger partial charge in [-0.3, -0.25) is 5.32 Å². The summed E-state index contributed by atoms with van der Waals surface area (Å²) < 4.78 is 5.24. The molecule has 0 fully saturated rings. The van der Waals surface area contributed by atoms with Gasteiger partial charge in [-0.1, -0.05) is 55.9 Å². The molecule has 1 aliphatic heterocycles. The fraction of sp³-hybridized carbons (Fsp3) is 0.333. The summed E-state index contributed by atoms with van der Waals surface area (Å²) in [5, 5.41) is 4.80. The summed E-state index contributed by atoms with van der Waals surface area (Å²) in [7, 11) is 4.04. The third-order valence-electron chi connectivity index (χ3n) is 4.07. The van der Waals surface area contributed by atoms with Crippen LogP contribution < -0.4 is 20.8 Å². The van der Waals surface area contributed by atoms with Gasteiger partial charge in [-0.15, -0.1) is 0 Å². The molecule has 0 saturated heterocycles. The van der Waals surface area contributed by atoms with Gasteiger partial charge in [0.1, 0.15) is 0 Å². The number of nitrogens with one attached hydrogen (secondary N) is 1. The van der Waals surface area contributed by atoms with Crippen molar-refractivity contribution in [1.82, 2.24) is 5.32 Å². The molecule has 2 aromatic carbocycles. The van der Waals surface area contributed by atoms with Crippen LogP contribution in [0.1, 0.15) is 19.4 Å². The van der Waals surface area contributed by atoms with E-state index in [2.05, 4.69) is 45.5 Å². The summed E-state index contributed by atoms with van der Waals surface area (Å²) >= 11 is 1.53. The number of thioether (sulfide) groups is 1. The van der Waals surface area contributed by atoms with E-state index in [9.17, 15) is 4.79 Å². The maximum Gasteiger partial charge on any atom is 0.409 e. The predicted molar refractivity (Wildman–Crippen MR) is 111 cm³/mol. The number of para-hydroxylation sites is 1. The van der Waals surface area contributed by atoms with Crippen LogP contribution in [0, 0.1) is 5.92 Å². The molecule has 0 radical (unpaired) electrons. The van der Waals surface area contributed by atoms with Crippen LogP contribution in [0.4, 0.5) is 10.5 Å². The van der Waals surface area contributed by atoms with E-state index in [4.69, 9.17) is 4.74 Å². The molecule has 5 nitrogen and oxygen atoms in total. The van der Waals surface area contributed by atoms with Gasteiger partial charge in [0.25, 0.3) is 0 Å². The third kappa shape index (κ3) is 4.83. The molecule has 1 amide bonds. The molecule has 1 N–H and O–H groups in total. The average molecular weight is 384 g/mol. The van der Waals surface area contributed by atoms with Crippen LogP contribution in [0.25, 0.3) is 4.91 Å². The van der Waals surface area contributed by atoms with E-state index in [0.29, 0.717) is 12.5 Å². The Morgan fingerprint density at radius 3 is 2.56 bits per heavy atom. The van der Waals surface area contributed by atoms with Crippen molar-refractivity contribution in [2.45, 2.75) is 19.3 Å². The van der Waals surface area contributed by atoms with Gasteiger partial charge < -0.3 is 9.64 Å². The Bertz CT molecular complexity index is 923. The second kappa shape index (κ2) is 8.48. The quantitative estimate of drug-likeness (QED) is 0.863. The van der Waals surface area contributed by atoms with Crippen molar-refractivity contribution < 1.29 is 9.53 Å². The van der Waals surface area contributed by atoms with Gasteiger partial charge in [-0.05, 0) is 29.7 Å². The predicted octanol–water partition coefficient (Wildman–Crippen LogP) is 2.94. The Morgan fingerprint density at radius 1 is 1.19 bits per heavy atom. The maximum absolute atomic E-state index is 12.1. The van der Waals surface area contributed by atoms with E-state index in [-0.39, 0.29) is 0 Å². The SMILES string of the molecule is CC(C)COC(=O)NC1N=c2ccccc2=C(c2ccc(N(C)C)cc2)S1. The Balaban J connectivity index is 1.89. The molecule has 0 aliphatic carbocycles. The molecule has 3 rings (SSSR count). The number of anilines is 1. The number of alkyl carbamates (subject to hydrolysis) is 1. The topological polar surface area (TPSA) is 53.9 Å². The van der Waals surface area contributed by atoms with Crippen molar-refractivity contribution in [3.63, 3.8) is 0 Å². The third-order valence-corrected chi connectivity index (χ3v) is 5.21. The number of benzene rings is 2. The monoisotopic (exact) mass is 383 g/mol. The normalized spacial score (nSPS) is 15.7.